The van der Waals surface area contributed by atoms with E-state index in [0.29, 0.717) is 6.54 Å². The van der Waals surface area contributed by atoms with E-state index in [1.54, 1.807) is 0 Å². The van der Waals surface area contributed by atoms with E-state index in [1.165, 1.54) is 0 Å². The van der Waals surface area contributed by atoms with Crippen LogP contribution in [0.3, 0.4) is 0 Å². The van der Waals surface area contributed by atoms with Crippen molar-refractivity contribution in [3.8, 4) is 0 Å². The molecule has 1 amide bonds. The monoisotopic (exact) mass is 100 g/mol. The van der Waals surface area contributed by atoms with Crippen LogP contribution in [-0.4, -0.2) is 18.7 Å². The van der Waals surface area contributed by atoms with Crippen LogP contribution in [0.5, 0.6) is 0 Å². The molecule has 1 N–H and O–H groups in total. The molecule has 0 aromatic heterocycles. The largest absolute Gasteiger partial charge is 0.444 e. The summed E-state index contributed by atoms with van der Waals surface area (Å²) in [7, 11) is 0. The number of alkyl carbamates (subject to hydrolysis) is 1. The van der Waals surface area contributed by atoms with Crippen LogP contribution < -0.4 is 5.32 Å². The summed E-state index contributed by atoms with van der Waals surface area (Å²) in [5, 5.41) is 2.45. The number of cyclic esters (lactones) is 1. The van der Waals surface area contributed by atoms with Crippen LogP contribution in [0.25, 0.3) is 0 Å². The Hall–Kier alpha value is -0.730. The van der Waals surface area contributed by atoms with Gasteiger partial charge in [0.1, 0.15) is 6.10 Å². The van der Waals surface area contributed by atoms with Crippen LogP contribution in [0, 0.1) is 6.92 Å². The number of hydrogen-bond acceptors (Lipinski definition) is 2. The van der Waals surface area contributed by atoms with E-state index >= 15 is 0 Å². The molecule has 1 fully saturated rings. The molecule has 1 aliphatic rings. The number of hydrogen-bond donors (Lipinski definition) is 1. The van der Waals surface area contributed by atoms with Crippen molar-refractivity contribution < 1.29 is 9.53 Å². The van der Waals surface area contributed by atoms with E-state index in [2.05, 4.69) is 17.0 Å². The van der Waals surface area contributed by atoms with Crippen LogP contribution in [-0.2, 0) is 4.74 Å². The minimum absolute atomic E-state index is 0.188. The summed E-state index contributed by atoms with van der Waals surface area (Å²) < 4.78 is 4.50. The van der Waals surface area contributed by atoms with Crippen molar-refractivity contribution in [1.29, 1.82) is 0 Å². The van der Waals surface area contributed by atoms with E-state index in [0.717, 1.165) is 0 Å². The minimum Gasteiger partial charge on any atom is -0.444 e. The Morgan fingerprint density at radius 3 is 2.86 bits per heavy atom. The van der Waals surface area contributed by atoms with Crippen molar-refractivity contribution in [1.82, 2.24) is 5.32 Å². The lowest BCUT2D eigenvalue weighted by atomic mass is 10.4. The van der Waals surface area contributed by atoms with E-state index in [-0.39, 0.29) is 12.2 Å². The summed E-state index contributed by atoms with van der Waals surface area (Å²) in [5.74, 6) is 0. The zero-order chi connectivity index (χ0) is 5.28. The highest BCUT2D eigenvalue weighted by atomic mass is 16.6. The molecule has 1 rings (SSSR count). The number of carbonyl (C=O) groups is 1. The molecule has 0 saturated carbocycles. The maximum Gasteiger partial charge on any atom is 0.407 e. The molecule has 0 aromatic carbocycles. The highest BCUT2D eigenvalue weighted by Gasteiger charge is 2.16. The second-order valence-corrected chi connectivity index (χ2v) is 1.41. The molecule has 1 unspecified atom stereocenters. The van der Waals surface area contributed by atoms with Gasteiger partial charge in [0.2, 0.25) is 0 Å². The average Bonchev–Trinajstić information content (AvgIpc) is 1.87. The van der Waals surface area contributed by atoms with Crippen LogP contribution in [0.4, 0.5) is 4.79 Å². The van der Waals surface area contributed by atoms with Gasteiger partial charge in [-0.15, -0.1) is 0 Å². The van der Waals surface area contributed by atoms with Gasteiger partial charge in [0.25, 0.3) is 0 Å². The van der Waals surface area contributed by atoms with Crippen molar-refractivity contribution in [2.45, 2.75) is 6.10 Å². The zero-order valence-corrected chi connectivity index (χ0v) is 3.81. The minimum atomic E-state index is -0.361. The second-order valence-electron chi connectivity index (χ2n) is 1.41. The molecule has 1 saturated heterocycles. The van der Waals surface area contributed by atoms with Crippen molar-refractivity contribution >= 4 is 6.09 Å². The maximum absolute atomic E-state index is 10.1. The average molecular weight is 100 g/mol. The van der Waals surface area contributed by atoms with Crippen molar-refractivity contribution in [3.05, 3.63) is 6.92 Å². The molecule has 0 bridgehead atoms. The number of nitrogens with one attached hydrogen (secondary N) is 1. The van der Waals surface area contributed by atoms with Gasteiger partial charge in [0.15, 0.2) is 0 Å². The molecule has 0 spiro atoms. The van der Waals surface area contributed by atoms with Gasteiger partial charge in [-0.3, -0.25) is 0 Å². The van der Waals surface area contributed by atoms with Crippen molar-refractivity contribution in [2.75, 3.05) is 6.54 Å². The first kappa shape index (κ1) is 4.43. The standard InChI is InChI=1S/C4H6NO2/c1-3-2-5-4(6)7-3/h3H,1-2H2,(H,5,6). The lowest BCUT2D eigenvalue weighted by molar-refractivity contribution is 0.157. The second kappa shape index (κ2) is 1.40. The summed E-state index contributed by atoms with van der Waals surface area (Å²) >= 11 is 0. The maximum atomic E-state index is 10.1. The summed E-state index contributed by atoms with van der Waals surface area (Å²) in [5.41, 5.74) is 0. The Morgan fingerprint density at radius 2 is 2.71 bits per heavy atom. The Kier molecular flexibility index (Phi) is 0.889. The highest BCUT2D eigenvalue weighted by Crippen LogP contribution is 1.95. The molecule has 3 nitrogen and oxygen atoms in total. The Bertz CT molecular complexity index is 91.7. The van der Waals surface area contributed by atoms with Gasteiger partial charge < -0.3 is 10.1 Å². The van der Waals surface area contributed by atoms with Gasteiger partial charge in [-0.05, 0) is 6.92 Å². The summed E-state index contributed by atoms with van der Waals surface area (Å²) in [6.07, 6.45) is -0.549. The van der Waals surface area contributed by atoms with Gasteiger partial charge in [-0.1, -0.05) is 0 Å². The van der Waals surface area contributed by atoms with Gasteiger partial charge >= 0.3 is 6.09 Å². The van der Waals surface area contributed by atoms with Crippen LogP contribution in [0.15, 0.2) is 0 Å². The Balaban J connectivity index is 2.40. The van der Waals surface area contributed by atoms with Crippen LogP contribution >= 0.6 is 0 Å². The Morgan fingerprint density at radius 1 is 2.00 bits per heavy atom. The quantitative estimate of drug-likeness (QED) is 0.462. The van der Waals surface area contributed by atoms with E-state index in [1.807, 2.05) is 0 Å². The molecule has 0 aromatic rings. The van der Waals surface area contributed by atoms with Crippen LogP contribution in [0.2, 0.25) is 0 Å². The fourth-order valence-corrected chi connectivity index (χ4v) is 0.432. The predicted octanol–water partition coefficient (Wildman–Crippen LogP) is -0.0711. The first-order chi connectivity index (χ1) is 3.29. The lowest BCUT2D eigenvalue weighted by Gasteiger charge is -1.92. The zero-order valence-electron chi connectivity index (χ0n) is 3.81. The molecule has 1 heterocycles. The Labute approximate surface area is 41.7 Å². The highest BCUT2D eigenvalue weighted by molar-refractivity contribution is 5.69. The predicted molar refractivity (Wildman–Crippen MR) is 23.6 cm³/mol. The fourth-order valence-electron chi connectivity index (χ4n) is 0.432. The number of ether oxygens (including phenoxy) is 1. The molecule has 0 aliphatic carbocycles. The van der Waals surface area contributed by atoms with E-state index in [4.69, 9.17) is 0 Å². The van der Waals surface area contributed by atoms with Crippen molar-refractivity contribution in [2.24, 2.45) is 0 Å². The van der Waals surface area contributed by atoms with Crippen LogP contribution in [0.1, 0.15) is 0 Å². The molecule has 39 valence electrons. The number of carbonyl (C=O) groups excluding carboxylic acids is 1. The lowest BCUT2D eigenvalue weighted by Crippen LogP contribution is -2.13. The number of rotatable bonds is 0. The van der Waals surface area contributed by atoms with Gasteiger partial charge in [0.05, 0.1) is 6.54 Å². The molecular formula is C4H6NO2. The van der Waals surface area contributed by atoms with E-state index in [9.17, 15) is 4.79 Å². The first-order valence-electron chi connectivity index (χ1n) is 2.06. The molecular weight excluding hydrogens is 94.0 g/mol. The summed E-state index contributed by atoms with van der Waals surface area (Å²) in [6, 6.07) is 0. The topological polar surface area (TPSA) is 38.3 Å². The third kappa shape index (κ3) is 0.824. The van der Waals surface area contributed by atoms with Gasteiger partial charge in [-0.25, -0.2) is 4.79 Å². The fraction of sp³-hybridized carbons (Fsp3) is 0.500. The summed E-state index contributed by atoms with van der Waals surface area (Å²) in [4.78, 5) is 10.1. The molecule has 7 heavy (non-hydrogen) atoms. The number of amides is 1. The van der Waals surface area contributed by atoms with Crippen molar-refractivity contribution in [3.63, 3.8) is 0 Å². The van der Waals surface area contributed by atoms with E-state index < -0.39 is 0 Å². The SMILES string of the molecule is [CH2]C1CNC(=O)O1. The summed E-state index contributed by atoms with van der Waals surface area (Å²) in [6.45, 7) is 4.02. The first-order valence-corrected chi connectivity index (χ1v) is 2.06. The smallest absolute Gasteiger partial charge is 0.407 e. The molecule has 1 radical (unpaired) electrons. The molecule has 1 aliphatic heterocycles. The molecule has 1 atom stereocenters. The van der Waals surface area contributed by atoms with Gasteiger partial charge in [0, 0.05) is 0 Å². The van der Waals surface area contributed by atoms with Gasteiger partial charge in [-0.2, -0.15) is 0 Å². The molecule has 3 heteroatoms. The third-order valence-electron chi connectivity index (χ3n) is 0.748. The normalized spacial score (nSPS) is 29.3. The third-order valence-corrected chi connectivity index (χ3v) is 0.748.